The molecule has 2 atom stereocenters. The molecule has 2 aliphatic rings. The van der Waals surface area contributed by atoms with Gasteiger partial charge >= 0.3 is 0 Å². The predicted octanol–water partition coefficient (Wildman–Crippen LogP) is 4.96. The van der Waals surface area contributed by atoms with Gasteiger partial charge in [-0.2, -0.15) is 0 Å². The van der Waals surface area contributed by atoms with E-state index in [1.807, 2.05) is 6.07 Å². The van der Waals surface area contributed by atoms with Crippen LogP contribution in [0.4, 0.5) is 0 Å². The fourth-order valence-corrected chi connectivity index (χ4v) is 5.85. The Bertz CT molecular complexity index is 923. The van der Waals surface area contributed by atoms with E-state index in [2.05, 4.69) is 40.6 Å². The Morgan fingerprint density at radius 1 is 1.15 bits per heavy atom. The largest absolute Gasteiger partial charge is 0.493 e. The lowest BCUT2D eigenvalue weighted by molar-refractivity contribution is 0.312. The van der Waals surface area contributed by atoms with Gasteiger partial charge in [-0.3, -0.25) is 0 Å². The molecule has 1 N–H and O–H groups in total. The Hall–Kier alpha value is -1.76. The highest BCUT2D eigenvalue weighted by Crippen LogP contribution is 2.48. The Morgan fingerprint density at radius 2 is 1.92 bits per heavy atom. The van der Waals surface area contributed by atoms with E-state index < -0.39 is 0 Å². The number of nitrogens with one attached hydrogen (secondary N) is 1. The molecule has 2 aromatic carbocycles. The maximum Gasteiger partial charge on any atom is 0.161 e. The molecule has 1 saturated heterocycles. The van der Waals surface area contributed by atoms with Gasteiger partial charge in [0.05, 0.1) is 23.9 Å². The van der Waals surface area contributed by atoms with E-state index in [1.54, 1.807) is 30.2 Å². The summed E-state index contributed by atoms with van der Waals surface area (Å²) in [6.07, 6.45) is 2.44. The first-order chi connectivity index (χ1) is 12.8. The Balaban J connectivity index is 1.25. The number of thiazole rings is 1. The number of rotatable bonds is 6. The molecule has 1 fully saturated rings. The quantitative estimate of drug-likeness (QED) is 0.481. The second-order valence-electron chi connectivity index (χ2n) is 6.63. The minimum absolute atomic E-state index is 0.486. The van der Waals surface area contributed by atoms with Crippen molar-refractivity contribution in [3.05, 3.63) is 47.5 Å². The number of hydrogen-bond acceptors (Lipinski definition) is 6. The van der Waals surface area contributed by atoms with Crippen LogP contribution in [-0.2, 0) is 0 Å². The molecule has 2 aliphatic heterocycles. The molecule has 0 aliphatic carbocycles. The molecule has 134 valence electrons. The smallest absolute Gasteiger partial charge is 0.161 e. The lowest BCUT2D eigenvalue weighted by Gasteiger charge is -2.17. The number of ether oxygens (including phenoxy) is 2. The normalized spacial score (nSPS) is 20.5. The van der Waals surface area contributed by atoms with Crippen LogP contribution in [-0.4, -0.2) is 24.5 Å². The van der Waals surface area contributed by atoms with Crippen LogP contribution in [0.15, 0.2) is 40.7 Å². The lowest BCUT2D eigenvalue weighted by Crippen LogP contribution is -2.06. The highest BCUT2D eigenvalue weighted by atomic mass is 32.2. The van der Waals surface area contributed by atoms with Gasteiger partial charge in [0.1, 0.15) is 0 Å². The molecule has 3 heterocycles. The summed E-state index contributed by atoms with van der Waals surface area (Å²) < 4.78 is 14.0. The molecule has 3 aromatic rings. The van der Waals surface area contributed by atoms with Crippen LogP contribution in [0.5, 0.6) is 11.5 Å². The SMILES string of the molecule is COc1cc2c(cc1OCCSc1nc3ccccc3s1)[C@@H]1CC[C@H]2N1. The van der Waals surface area contributed by atoms with E-state index in [9.17, 15) is 0 Å². The topological polar surface area (TPSA) is 43.4 Å². The van der Waals surface area contributed by atoms with Crippen LogP contribution in [0.2, 0.25) is 0 Å². The fraction of sp³-hybridized carbons (Fsp3) is 0.350. The van der Waals surface area contributed by atoms with Crippen molar-refractivity contribution >= 4 is 33.3 Å². The van der Waals surface area contributed by atoms with Crippen molar-refractivity contribution in [2.24, 2.45) is 0 Å². The average Bonchev–Trinajstić information content (AvgIpc) is 3.38. The third kappa shape index (κ3) is 2.86. The van der Waals surface area contributed by atoms with E-state index in [-0.39, 0.29) is 0 Å². The van der Waals surface area contributed by atoms with E-state index in [1.165, 1.54) is 28.7 Å². The van der Waals surface area contributed by atoms with Crippen LogP contribution in [0.25, 0.3) is 10.2 Å². The van der Waals surface area contributed by atoms with Crippen LogP contribution in [0.3, 0.4) is 0 Å². The summed E-state index contributed by atoms with van der Waals surface area (Å²) in [5.41, 5.74) is 3.84. The first-order valence-electron chi connectivity index (χ1n) is 8.91. The summed E-state index contributed by atoms with van der Waals surface area (Å²) in [5, 5.41) is 3.65. The lowest BCUT2D eigenvalue weighted by atomic mass is 9.91. The van der Waals surface area contributed by atoms with Gasteiger partial charge in [0.2, 0.25) is 0 Å². The highest BCUT2D eigenvalue weighted by molar-refractivity contribution is 8.01. The molecule has 0 radical (unpaired) electrons. The highest BCUT2D eigenvalue weighted by Gasteiger charge is 2.37. The van der Waals surface area contributed by atoms with E-state index in [0.29, 0.717) is 18.7 Å². The fourth-order valence-electron chi connectivity index (χ4n) is 3.89. The van der Waals surface area contributed by atoms with Crippen LogP contribution in [0, 0.1) is 0 Å². The maximum absolute atomic E-state index is 6.06. The molecule has 6 heteroatoms. The number of benzene rings is 2. The van der Waals surface area contributed by atoms with Crippen molar-refractivity contribution in [3.8, 4) is 11.5 Å². The molecule has 0 unspecified atom stereocenters. The summed E-state index contributed by atoms with van der Waals surface area (Å²) in [6, 6.07) is 13.6. The summed E-state index contributed by atoms with van der Waals surface area (Å²) in [4.78, 5) is 4.66. The first kappa shape index (κ1) is 16.4. The second kappa shape index (κ2) is 6.76. The van der Waals surface area contributed by atoms with Gasteiger partial charge in [-0.15, -0.1) is 11.3 Å². The minimum Gasteiger partial charge on any atom is -0.493 e. The molecule has 0 saturated carbocycles. The minimum atomic E-state index is 0.486. The number of nitrogens with zero attached hydrogens (tertiary/aromatic N) is 1. The zero-order chi connectivity index (χ0) is 17.5. The van der Waals surface area contributed by atoms with Gasteiger partial charge in [-0.05, 0) is 48.2 Å². The molecule has 2 bridgehead atoms. The van der Waals surface area contributed by atoms with E-state index in [0.717, 1.165) is 27.1 Å². The third-order valence-electron chi connectivity index (χ3n) is 5.11. The summed E-state index contributed by atoms with van der Waals surface area (Å²) in [6.45, 7) is 0.636. The van der Waals surface area contributed by atoms with Crippen LogP contribution < -0.4 is 14.8 Å². The third-order valence-corrected chi connectivity index (χ3v) is 7.25. The van der Waals surface area contributed by atoms with Crippen molar-refractivity contribution < 1.29 is 9.47 Å². The van der Waals surface area contributed by atoms with Crippen molar-refractivity contribution in [2.75, 3.05) is 19.5 Å². The number of methoxy groups -OCH3 is 1. The number of thioether (sulfide) groups is 1. The van der Waals surface area contributed by atoms with Gasteiger partial charge in [-0.25, -0.2) is 4.98 Å². The van der Waals surface area contributed by atoms with Gasteiger partial charge in [-0.1, -0.05) is 23.9 Å². The Kier molecular flexibility index (Phi) is 4.27. The van der Waals surface area contributed by atoms with Gasteiger partial charge in [0.25, 0.3) is 0 Å². The van der Waals surface area contributed by atoms with Crippen LogP contribution >= 0.6 is 23.1 Å². The first-order valence-corrected chi connectivity index (χ1v) is 10.7. The average molecular weight is 385 g/mol. The van der Waals surface area contributed by atoms with Gasteiger partial charge < -0.3 is 14.8 Å². The van der Waals surface area contributed by atoms with Crippen molar-refractivity contribution in [3.63, 3.8) is 0 Å². The summed E-state index contributed by atoms with van der Waals surface area (Å²) in [5.74, 6) is 2.55. The predicted molar refractivity (Wildman–Crippen MR) is 107 cm³/mol. The monoisotopic (exact) mass is 384 g/mol. The number of para-hydroxylation sites is 1. The molecule has 26 heavy (non-hydrogen) atoms. The molecule has 0 spiro atoms. The van der Waals surface area contributed by atoms with E-state index in [4.69, 9.17) is 9.47 Å². The van der Waals surface area contributed by atoms with E-state index >= 15 is 0 Å². The molecular weight excluding hydrogens is 364 g/mol. The Labute approximate surface area is 160 Å². The number of hydrogen-bond donors (Lipinski definition) is 1. The van der Waals surface area contributed by atoms with Crippen molar-refractivity contribution in [1.82, 2.24) is 10.3 Å². The molecule has 5 rings (SSSR count). The zero-order valence-electron chi connectivity index (χ0n) is 14.5. The number of aromatic nitrogens is 1. The second-order valence-corrected chi connectivity index (χ2v) is 9.00. The molecule has 4 nitrogen and oxygen atoms in total. The van der Waals surface area contributed by atoms with Gasteiger partial charge in [0, 0.05) is 17.8 Å². The summed E-state index contributed by atoms with van der Waals surface area (Å²) >= 11 is 3.48. The maximum atomic E-state index is 6.06. The van der Waals surface area contributed by atoms with Crippen molar-refractivity contribution in [2.45, 2.75) is 29.3 Å². The molecular formula is C20H20N2O2S2. The van der Waals surface area contributed by atoms with Gasteiger partial charge in [0.15, 0.2) is 15.8 Å². The summed E-state index contributed by atoms with van der Waals surface area (Å²) in [7, 11) is 1.71. The van der Waals surface area contributed by atoms with Crippen LogP contribution in [0.1, 0.15) is 36.1 Å². The molecule has 0 amide bonds. The standard InChI is InChI=1S/C20H20N2O2S2/c1-23-17-10-12-13(15-7-6-14(12)21-15)11-18(17)24-8-9-25-20-22-16-4-2-3-5-19(16)26-20/h2-5,10-11,14-15,21H,6-9H2,1H3/t14-,15+/m1/s1. The number of fused-ring (bicyclic) bond motifs is 6. The van der Waals surface area contributed by atoms with Crippen molar-refractivity contribution in [1.29, 1.82) is 0 Å². The zero-order valence-corrected chi connectivity index (χ0v) is 16.2. The molecule has 1 aromatic heterocycles. The Morgan fingerprint density at radius 3 is 2.69 bits per heavy atom.